The van der Waals surface area contributed by atoms with Crippen molar-refractivity contribution in [2.45, 2.75) is 0 Å². The van der Waals surface area contributed by atoms with Crippen LogP contribution in [0.1, 0.15) is 0 Å². The van der Waals surface area contributed by atoms with Crippen LogP contribution in [0.2, 0.25) is 0 Å². The van der Waals surface area contributed by atoms with Gasteiger partial charge < -0.3 is 15.9 Å². The second-order valence-electron chi connectivity index (χ2n) is 2.42. The first kappa shape index (κ1) is 6.03. The number of nitrogens with two attached hydrogens (primary N) is 2. The SMILES string of the molecule is Nc1cc2cnc(N)cn2c1. The average molecular weight is 148 g/mol. The zero-order chi connectivity index (χ0) is 7.84. The molecule has 0 aromatic carbocycles. The molecule has 0 bridgehead atoms. The normalized spacial score (nSPS) is 10.5. The predicted octanol–water partition coefficient (Wildman–Crippen LogP) is 0.499. The molecule has 0 aliphatic carbocycles. The summed E-state index contributed by atoms with van der Waals surface area (Å²) in [5.74, 6) is 0.494. The minimum absolute atomic E-state index is 0.494. The Morgan fingerprint density at radius 2 is 2.09 bits per heavy atom. The van der Waals surface area contributed by atoms with Crippen LogP contribution in [0.3, 0.4) is 0 Å². The summed E-state index contributed by atoms with van der Waals surface area (Å²) in [6.07, 6.45) is 5.21. The molecule has 4 nitrogen and oxygen atoms in total. The van der Waals surface area contributed by atoms with E-state index in [2.05, 4.69) is 4.98 Å². The quantitative estimate of drug-likeness (QED) is 0.571. The fraction of sp³-hybridized carbons (Fsp3) is 0. The van der Waals surface area contributed by atoms with Crippen LogP contribution in [-0.2, 0) is 0 Å². The van der Waals surface area contributed by atoms with Crippen molar-refractivity contribution in [2.24, 2.45) is 0 Å². The Labute approximate surface area is 63.4 Å². The van der Waals surface area contributed by atoms with E-state index in [0.29, 0.717) is 5.82 Å². The maximum Gasteiger partial charge on any atom is 0.140 e. The van der Waals surface area contributed by atoms with Crippen LogP contribution >= 0.6 is 0 Å². The van der Waals surface area contributed by atoms with Crippen molar-refractivity contribution in [3.8, 4) is 0 Å². The number of aromatic nitrogens is 2. The van der Waals surface area contributed by atoms with Gasteiger partial charge in [-0.05, 0) is 6.07 Å². The van der Waals surface area contributed by atoms with Gasteiger partial charge in [-0.3, -0.25) is 0 Å². The third-order valence-electron chi connectivity index (χ3n) is 1.52. The topological polar surface area (TPSA) is 69.3 Å². The first-order valence-electron chi connectivity index (χ1n) is 3.24. The molecule has 0 spiro atoms. The maximum absolute atomic E-state index is 5.55. The van der Waals surface area contributed by atoms with Crippen molar-refractivity contribution in [3.05, 3.63) is 24.7 Å². The Kier molecular flexibility index (Phi) is 1.03. The zero-order valence-electron chi connectivity index (χ0n) is 5.86. The van der Waals surface area contributed by atoms with Crippen LogP contribution in [-0.4, -0.2) is 9.38 Å². The van der Waals surface area contributed by atoms with Gasteiger partial charge in [0.15, 0.2) is 0 Å². The van der Waals surface area contributed by atoms with E-state index in [1.807, 2.05) is 10.5 Å². The predicted molar refractivity (Wildman–Crippen MR) is 44.0 cm³/mol. The molecule has 11 heavy (non-hydrogen) atoms. The Morgan fingerprint density at radius 3 is 2.91 bits per heavy atom. The summed E-state index contributed by atoms with van der Waals surface area (Å²) in [4.78, 5) is 3.92. The molecule has 4 heteroatoms. The van der Waals surface area contributed by atoms with E-state index in [-0.39, 0.29) is 0 Å². The largest absolute Gasteiger partial charge is 0.397 e. The summed E-state index contributed by atoms with van der Waals surface area (Å²) < 4.78 is 1.84. The Balaban J connectivity index is 2.82. The third-order valence-corrected chi connectivity index (χ3v) is 1.52. The van der Waals surface area contributed by atoms with Crippen LogP contribution in [0.5, 0.6) is 0 Å². The van der Waals surface area contributed by atoms with E-state index < -0.39 is 0 Å². The van der Waals surface area contributed by atoms with Gasteiger partial charge in [-0.2, -0.15) is 0 Å². The lowest BCUT2D eigenvalue weighted by molar-refractivity contribution is 1.15. The van der Waals surface area contributed by atoms with Crippen molar-refractivity contribution in [1.82, 2.24) is 9.38 Å². The second kappa shape index (κ2) is 1.88. The lowest BCUT2D eigenvalue weighted by atomic mass is 10.5. The molecule has 0 atom stereocenters. The van der Waals surface area contributed by atoms with Gasteiger partial charge in [-0.15, -0.1) is 0 Å². The highest BCUT2D eigenvalue weighted by Gasteiger charge is 1.95. The number of nitrogen functional groups attached to an aromatic ring is 2. The van der Waals surface area contributed by atoms with E-state index in [9.17, 15) is 0 Å². The summed E-state index contributed by atoms with van der Waals surface area (Å²) in [5, 5.41) is 0. The van der Waals surface area contributed by atoms with E-state index in [0.717, 1.165) is 11.2 Å². The molecular formula is C7H8N4. The van der Waals surface area contributed by atoms with Gasteiger partial charge in [-0.25, -0.2) is 4.98 Å². The van der Waals surface area contributed by atoms with Gasteiger partial charge in [0.1, 0.15) is 5.82 Å². The summed E-state index contributed by atoms with van der Waals surface area (Å²) >= 11 is 0. The van der Waals surface area contributed by atoms with E-state index in [4.69, 9.17) is 11.5 Å². The Bertz CT molecular complexity index is 390. The number of nitrogens with zero attached hydrogens (tertiary/aromatic N) is 2. The van der Waals surface area contributed by atoms with Crippen LogP contribution in [0.25, 0.3) is 5.52 Å². The molecule has 2 aromatic heterocycles. The Morgan fingerprint density at radius 1 is 1.27 bits per heavy atom. The number of hydrogen-bond donors (Lipinski definition) is 2. The molecule has 0 aliphatic rings. The minimum Gasteiger partial charge on any atom is -0.397 e. The molecule has 2 rings (SSSR count). The number of anilines is 2. The summed E-state index contributed by atoms with van der Waals surface area (Å²) in [5.41, 5.74) is 12.7. The molecule has 56 valence electrons. The standard InChI is InChI=1S/C7H8N4/c8-5-1-6-2-10-7(9)4-11(6)3-5/h1-4H,8-9H2. The molecule has 0 fully saturated rings. The molecule has 0 aliphatic heterocycles. The first-order chi connectivity index (χ1) is 5.25. The van der Waals surface area contributed by atoms with Gasteiger partial charge in [-0.1, -0.05) is 0 Å². The summed E-state index contributed by atoms with van der Waals surface area (Å²) in [6.45, 7) is 0. The molecule has 0 saturated carbocycles. The highest BCUT2D eigenvalue weighted by Crippen LogP contribution is 2.11. The number of hydrogen-bond acceptors (Lipinski definition) is 3. The lowest BCUT2D eigenvalue weighted by Gasteiger charge is -1.93. The monoisotopic (exact) mass is 148 g/mol. The van der Waals surface area contributed by atoms with Gasteiger partial charge in [0.2, 0.25) is 0 Å². The van der Waals surface area contributed by atoms with Gasteiger partial charge in [0.25, 0.3) is 0 Å². The van der Waals surface area contributed by atoms with Gasteiger partial charge in [0.05, 0.1) is 23.6 Å². The highest BCUT2D eigenvalue weighted by atomic mass is 15.0. The molecular weight excluding hydrogens is 140 g/mol. The average Bonchev–Trinajstić information content (AvgIpc) is 2.27. The number of rotatable bonds is 0. The van der Waals surface area contributed by atoms with Gasteiger partial charge in [0, 0.05) is 6.20 Å². The van der Waals surface area contributed by atoms with Crippen LogP contribution in [0, 0.1) is 0 Å². The first-order valence-corrected chi connectivity index (χ1v) is 3.24. The molecule has 0 radical (unpaired) electrons. The van der Waals surface area contributed by atoms with Crippen molar-refractivity contribution in [2.75, 3.05) is 11.5 Å². The smallest absolute Gasteiger partial charge is 0.140 e. The third kappa shape index (κ3) is 0.881. The molecule has 0 saturated heterocycles. The van der Waals surface area contributed by atoms with Crippen LogP contribution in [0.4, 0.5) is 11.5 Å². The van der Waals surface area contributed by atoms with Crippen LogP contribution < -0.4 is 11.5 Å². The van der Waals surface area contributed by atoms with Crippen molar-refractivity contribution >= 4 is 17.0 Å². The fourth-order valence-corrected chi connectivity index (χ4v) is 1.05. The molecule has 2 heterocycles. The molecule has 2 aromatic rings. The second-order valence-corrected chi connectivity index (χ2v) is 2.42. The lowest BCUT2D eigenvalue weighted by Crippen LogP contribution is -1.92. The van der Waals surface area contributed by atoms with Crippen molar-refractivity contribution in [1.29, 1.82) is 0 Å². The van der Waals surface area contributed by atoms with Crippen LogP contribution in [0.15, 0.2) is 24.7 Å². The van der Waals surface area contributed by atoms with E-state index in [1.54, 1.807) is 18.6 Å². The maximum atomic E-state index is 5.55. The Hall–Kier alpha value is -1.71. The molecule has 0 amide bonds. The van der Waals surface area contributed by atoms with Gasteiger partial charge >= 0.3 is 0 Å². The fourth-order valence-electron chi connectivity index (χ4n) is 1.05. The molecule has 4 N–H and O–H groups in total. The zero-order valence-corrected chi connectivity index (χ0v) is 5.86. The van der Waals surface area contributed by atoms with Crippen molar-refractivity contribution < 1.29 is 0 Å². The minimum atomic E-state index is 0.494. The summed E-state index contributed by atoms with van der Waals surface area (Å²) in [7, 11) is 0. The summed E-state index contributed by atoms with van der Waals surface area (Å²) in [6, 6.07) is 1.84. The van der Waals surface area contributed by atoms with E-state index >= 15 is 0 Å². The molecule has 0 unspecified atom stereocenters. The number of fused-ring (bicyclic) bond motifs is 1. The van der Waals surface area contributed by atoms with E-state index in [1.165, 1.54) is 0 Å². The highest BCUT2D eigenvalue weighted by molar-refractivity contribution is 5.58. The van der Waals surface area contributed by atoms with Crippen molar-refractivity contribution in [3.63, 3.8) is 0 Å².